The van der Waals surface area contributed by atoms with E-state index < -0.39 is 5.97 Å². The van der Waals surface area contributed by atoms with Crippen LogP contribution < -0.4 is 4.74 Å². The van der Waals surface area contributed by atoms with Gasteiger partial charge < -0.3 is 19.2 Å². The first-order valence-corrected chi connectivity index (χ1v) is 10.5. The molecule has 3 aromatic rings. The Morgan fingerprint density at radius 2 is 1.84 bits per heavy atom. The van der Waals surface area contributed by atoms with E-state index in [1.54, 1.807) is 12.3 Å². The maximum Gasteiger partial charge on any atom is 0.304 e. The number of carbonyl (C=O) groups excluding carboxylic acids is 1. The molecule has 0 atom stereocenters. The van der Waals surface area contributed by atoms with Gasteiger partial charge in [-0.15, -0.1) is 0 Å². The van der Waals surface area contributed by atoms with Crippen LogP contribution in [0.25, 0.3) is 11.3 Å². The van der Waals surface area contributed by atoms with Gasteiger partial charge in [-0.25, -0.2) is 0 Å². The Balaban J connectivity index is 1.47. The van der Waals surface area contributed by atoms with Gasteiger partial charge in [0.05, 0.1) is 12.7 Å². The topological polar surface area (TPSA) is 80.0 Å². The van der Waals surface area contributed by atoms with E-state index in [-0.39, 0.29) is 24.8 Å². The summed E-state index contributed by atoms with van der Waals surface area (Å²) in [6.45, 7) is 0.413. The minimum Gasteiger partial charge on any atom is -0.481 e. The second-order valence-corrected chi connectivity index (χ2v) is 7.60. The number of aliphatic carboxylic acids is 1. The van der Waals surface area contributed by atoms with Crippen LogP contribution in [0.15, 0.2) is 71.3 Å². The third-order valence-corrected chi connectivity index (χ3v) is 5.20. The standard InChI is InChI=1S/C26H23NO5/c28-25(29)9-3-4-16-31-24-7-2-1-6-21(24)18-27(22-14-15-22)26(30)20-12-10-19(11-13-20)23-8-5-17-32-23/h1-2,5-8,10-13,17,22H,3,9,14-15,18H2,(H,28,29). The van der Waals surface area contributed by atoms with Crippen LogP contribution >= 0.6 is 0 Å². The van der Waals surface area contributed by atoms with E-state index in [2.05, 4.69) is 12.0 Å². The number of nitrogens with zero attached hydrogens (tertiary/aromatic N) is 1. The fourth-order valence-corrected chi connectivity index (χ4v) is 3.37. The zero-order valence-corrected chi connectivity index (χ0v) is 17.5. The zero-order chi connectivity index (χ0) is 22.3. The maximum absolute atomic E-state index is 13.3. The molecule has 2 aromatic carbocycles. The highest BCUT2D eigenvalue weighted by Gasteiger charge is 2.33. The Hall–Kier alpha value is -3.98. The van der Waals surface area contributed by atoms with E-state index in [1.807, 2.05) is 59.5 Å². The molecule has 6 nitrogen and oxygen atoms in total. The van der Waals surface area contributed by atoms with Crippen molar-refractivity contribution in [3.05, 3.63) is 78.1 Å². The van der Waals surface area contributed by atoms with Crippen molar-refractivity contribution in [1.82, 2.24) is 4.90 Å². The molecular formula is C26H23NO5. The highest BCUT2D eigenvalue weighted by atomic mass is 16.5. The van der Waals surface area contributed by atoms with Crippen molar-refractivity contribution >= 4 is 11.9 Å². The van der Waals surface area contributed by atoms with Gasteiger partial charge in [0.15, 0.2) is 0 Å². The van der Waals surface area contributed by atoms with Crippen LogP contribution in [0.3, 0.4) is 0 Å². The summed E-state index contributed by atoms with van der Waals surface area (Å²) in [7, 11) is 0. The van der Waals surface area contributed by atoms with Crippen molar-refractivity contribution in [2.24, 2.45) is 0 Å². The summed E-state index contributed by atoms with van der Waals surface area (Å²) in [5.41, 5.74) is 2.40. The fraction of sp³-hybridized carbons (Fsp3) is 0.231. The largest absolute Gasteiger partial charge is 0.481 e. The van der Waals surface area contributed by atoms with Crippen molar-refractivity contribution in [3.8, 4) is 29.1 Å². The highest BCUT2D eigenvalue weighted by molar-refractivity contribution is 5.95. The molecule has 162 valence electrons. The Labute approximate surface area is 186 Å². The third kappa shape index (κ3) is 5.38. The van der Waals surface area contributed by atoms with Crippen molar-refractivity contribution in [1.29, 1.82) is 0 Å². The number of carbonyl (C=O) groups is 2. The molecule has 6 heteroatoms. The first kappa shape index (κ1) is 21.3. The molecule has 1 aliphatic rings. The van der Waals surface area contributed by atoms with Crippen LogP contribution in [0, 0.1) is 12.0 Å². The number of ether oxygens (including phenoxy) is 1. The normalized spacial score (nSPS) is 12.5. The van der Waals surface area contributed by atoms with Gasteiger partial charge in [0, 0.05) is 35.7 Å². The lowest BCUT2D eigenvalue weighted by molar-refractivity contribution is -0.136. The predicted octanol–water partition coefficient (Wildman–Crippen LogP) is 4.96. The minimum absolute atomic E-state index is 0.0270. The molecular weight excluding hydrogens is 406 g/mol. The number of benzene rings is 2. The first-order valence-electron chi connectivity index (χ1n) is 10.5. The van der Waals surface area contributed by atoms with Gasteiger partial charge in [-0.2, -0.15) is 0 Å². The average molecular weight is 429 g/mol. The van der Waals surface area contributed by atoms with E-state index in [0.717, 1.165) is 29.7 Å². The first-order chi connectivity index (χ1) is 15.6. The molecule has 1 heterocycles. The number of amides is 1. The summed E-state index contributed by atoms with van der Waals surface area (Å²) in [6.07, 6.45) is 6.35. The maximum atomic E-state index is 13.3. The Bertz CT molecular complexity index is 1130. The molecule has 0 bridgehead atoms. The van der Waals surface area contributed by atoms with Crippen molar-refractivity contribution in [2.45, 2.75) is 38.3 Å². The number of carboxylic acids is 1. The monoisotopic (exact) mass is 429 g/mol. The molecule has 1 saturated carbocycles. The SMILES string of the molecule is O=C(O)CCC#COc1ccccc1CN(C(=O)c1ccc(-c2ccco2)cc1)C1CC1. The van der Waals surface area contributed by atoms with Gasteiger partial charge in [-0.05, 0) is 43.2 Å². The summed E-state index contributed by atoms with van der Waals surface area (Å²) in [5.74, 6) is 3.12. The van der Waals surface area contributed by atoms with Gasteiger partial charge in [0.25, 0.3) is 5.91 Å². The lowest BCUT2D eigenvalue weighted by Crippen LogP contribution is -2.32. The summed E-state index contributed by atoms with van der Waals surface area (Å²) >= 11 is 0. The molecule has 0 radical (unpaired) electrons. The third-order valence-electron chi connectivity index (χ3n) is 5.20. The molecule has 1 N–H and O–H groups in total. The second-order valence-electron chi connectivity index (χ2n) is 7.60. The number of hydrogen-bond acceptors (Lipinski definition) is 4. The van der Waals surface area contributed by atoms with Crippen molar-refractivity contribution in [2.75, 3.05) is 0 Å². The summed E-state index contributed by atoms with van der Waals surface area (Å²) < 4.78 is 11.0. The van der Waals surface area contributed by atoms with Crippen LogP contribution in [0.1, 0.15) is 41.6 Å². The van der Waals surface area contributed by atoms with Gasteiger partial charge in [-0.1, -0.05) is 36.3 Å². The van der Waals surface area contributed by atoms with Crippen LogP contribution in [0.2, 0.25) is 0 Å². The van der Waals surface area contributed by atoms with E-state index in [9.17, 15) is 9.59 Å². The average Bonchev–Trinajstić information content (AvgIpc) is 3.50. The van der Waals surface area contributed by atoms with Crippen LogP contribution in [-0.4, -0.2) is 27.9 Å². The molecule has 0 unspecified atom stereocenters. The number of hydrogen-bond donors (Lipinski definition) is 1. The Morgan fingerprint density at radius 3 is 2.53 bits per heavy atom. The van der Waals surface area contributed by atoms with Crippen LogP contribution in [0.4, 0.5) is 0 Å². The lowest BCUT2D eigenvalue weighted by Gasteiger charge is -2.23. The quantitative estimate of drug-likeness (QED) is 0.512. The van der Waals surface area contributed by atoms with E-state index >= 15 is 0 Å². The Morgan fingerprint density at radius 1 is 1.06 bits per heavy atom. The van der Waals surface area contributed by atoms with Gasteiger partial charge in [0.1, 0.15) is 17.6 Å². The zero-order valence-electron chi connectivity index (χ0n) is 17.5. The molecule has 32 heavy (non-hydrogen) atoms. The van der Waals surface area contributed by atoms with Gasteiger partial charge in [-0.3, -0.25) is 9.59 Å². The van der Waals surface area contributed by atoms with E-state index in [4.69, 9.17) is 14.3 Å². The molecule has 1 aliphatic carbocycles. The van der Waals surface area contributed by atoms with E-state index in [0.29, 0.717) is 17.9 Å². The predicted molar refractivity (Wildman–Crippen MR) is 119 cm³/mol. The second kappa shape index (κ2) is 9.88. The molecule has 1 fully saturated rings. The summed E-state index contributed by atoms with van der Waals surface area (Å²) in [6, 6.07) is 18.8. The number of furan rings is 1. The van der Waals surface area contributed by atoms with Crippen LogP contribution in [-0.2, 0) is 11.3 Å². The number of rotatable bonds is 8. The molecule has 1 aromatic heterocycles. The highest BCUT2D eigenvalue weighted by Crippen LogP contribution is 2.32. The number of para-hydroxylation sites is 1. The smallest absolute Gasteiger partial charge is 0.304 e. The van der Waals surface area contributed by atoms with Crippen LogP contribution in [0.5, 0.6) is 5.75 Å². The summed E-state index contributed by atoms with van der Waals surface area (Å²) in [4.78, 5) is 25.7. The lowest BCUT2D eigenvalue weighted by atomic mass is 10.1. The molecule has 0 aliphatic heterocycles. The minimum atomic E-state index is -0.893. The van der Waals surface area contributed by atoms with E-state index in [1.165, 1.54) is 0 Å². The van der Waals surface area contributed by atoms with Gasteiger partial charge in [0.2, 0.25) is 0 Å². The molecule has 0 spiro atoms. The molecule has 0 saturated heterocycles. The van der Waals surface area contributed by atoms with Gasteiger partial charge >= 0.3 is 5.97 Å². The van der Waals surface area contributed by atoms with Crippen molar-refractivity contribution in [3.63, 3.8) is 0 Å². The fourth-order valence-electron chi connectivity index (χ4n) is 3.37. The van der Waals surface area contributed by atoms with Crippen molar-refractivity contribution < 1.29 is 23.8 Å². The Kier molecular flexibility index (Phi) is 6.57. The molecule has 1 amide bonds. The number of carboxylic acid groups (broad SMARTS) is 1. The summed E-state index contributed by atoms with van der Waals surface area (Å²) in [5, 5.41) is 8.69. The molecule has 4 rings (SSSR count).